The number of hydrogen-bond acceptors (Lipinski definition) is 5. The Labute approximate surface area is 176 Å². The van der Waals surface area contributed by atoms with Crippen molar-refractivity contribution in [2.45, 2.75) is 19.9 Å². The van der Waals surface area contributed by atoms with Gasteiger partial charge in [-0.3, -0.25) is 9.10 Å². The quantitative estimate of drug-likeness (QED) is 0.647. The van der Waals surface area contributed by atoms with E-state index < -0.39 is 22.5 Å². The monoisotopic (exact) mass is 440 g/mol. The summed E-state index contributed by atoms with van der Waals surface area (Å²) in [5.74, 6) is 0.513. The van der Waals surface area contributed by atoms with E-state index in [1.54, 1.807) is 19.1 Å². The molecule has 2 aromatic carbocycles. The van der Waals surface area contributed by atoms with Gasteiger partial charge in [0.2, 0.25) is 15.9 Å². The molecular weight excluding hydrogens is 416 g/mol. The normalized spacial score (nSPS) is 12.2. The van der Waals surface area contributed by atoms with Crippen molar-refractivity contribution < 1.29 is 22.7 Å². The van der Waals surface area contributed by atoms with E-state index in [2.05, 4.69) is 5.32 Å². The molecule has 158 valence electrons. The van der Waals surface area contributed by atoms with E-state index in [1.165, 1.54) is 13.2 Å². The zero-order valence-electron chi connectivity index (χ0n) is 16.8. The van der Waals surface area contributed by atoms with Crippen molar-refractivity contribution in [3.8, 4) is 11.5 Å². The third-order valence-electron chi connectivity index (χ3n) is 4.03. The van der Waals surface area contributed by atoms with Gasteiger partial charge in [-0.2, -0.15) is 0 Å². The summed E-state index contributed by atoms with van der Waals surface area (Å²) in [6.07, 6.45) is 1.02. The van der Waals surface area contributed by atoms with Gasteiger partial charge in [-0.15, -0.1) is 0 Å². The molecule has 7 nitrogen and oxygen atoms in total. The van der Waals surface area contributed by atoms with Crippen LogP contribution >= 0.6 is 11.6 Å². The van der Waals surface area contributed by atoms with Gasteiger partial charge in [0.1, 0.15) is 24.7 Å². The van der Waals surface area contributed by atoms with Gasteiger partial charge in [0, 0.05) is 5.02 Å². The minimum atomic E-state index is -3.75. The average Bonchev–Trinajstić information content (AvgIpc) is 2.64. The molecule has 0 heterocycles. The predicted molar refractivity (Wildman–Crippen MR) is 114 cm³/mol. The SMILES string of the molecule is COc1ccc(Cl)cc1N(CC(=O)N[C@@H](C)COc1ccc(C)cc1)S(C)(=O)=O. The lowest BCUT2D eigenvalue weighted by Gasteiger charge is -2.25. The van der Waals surface area contributed by atoms with Crippen molar-refractivity contribution in [2.24, 2.45) is 0 Å². The van der Waals surface area contributed by atoms with Crippen LogP contribution in [0.25, 0.3) is 0 Å². The highest BCUT2D eigenvalue weighted by Gasteiger charge is 2.25. The Balaban J connectivity index is 2.05. The molecule has 2 aromatic rings. The van der Waals surface area contributed by atoms with Crippen LogP contribution in [0, 0.1) is 6.92 Å². The van der Waals surface area contributed by atoms with Crippen LogP contribution in [-0.2, 0) is 14.8 Å². The molecular formula is C20H25ClN2O5S. The molecule has 0 unspecified atom stereocenters. The molecule has 0 bridgehead atoms. The van der Waals surface area contributed by atoms with Crippen molar-refractivity contribution in [1.29, 1.82) is 0 Å². The zero-order chi connectivity index (χ0) is 21.6. The van der Waals surface area contributed by atoms with Crippen LogP contribution in [0.15, 0.2) is 42.5 Å². The van der Waals surface area contributed by atoms with E-state index in [9.17, 15) is 13.2 Å². The maximum Gasteiger partial charge on any atom is 0.241 e. The maximum absolute atomic E-state index is 12.5. The van der Waals surface area contributed by atoms with Gasteiger partial charge in [0.05, 0.1) is 25.1 Å². The van der Waals surface area contributed by atoms with E-state index in [0.29, 0.717) is 16.5 Å². The molecule has 1 amide bonds. The van der Waals surface area contributed by atoms with E-state index in [0.717, 1.165) is 16.1 Å². The van der Waals surface area contributed by atoms with Crippen LogP contribution in [0.5, 0.6) is 11.5 Å². The molecule has 0 fully saturated rings. The molecule has 0 radical (unpaired) electrons. The van der Waals surface area contributed by atoms with Crippen LogP contribution in [-0.4, -0.2) is 46.9 Å². The van der Waals surface area contributed by atoms with E-state index >= 15 is 0 Å². The van der Waals surface area contributed by atoms with E-state index in [-0.39, 0.29) is 18.3 Å². The molecule has 0 aromatic heterocycles. The average molecular weight is 441 g/mol. The highest BCUT2D eigenvalue weighted by Crippen LogP contribution is 2.32. The number of anilines is 1. The first kappa shape index (κ1) is 22.8. The molecule has 0 aliphatic rings. The number of methoxy groups -OCH3 is 1. The van der Waals surface area contributed by atoms with Crippen molar-refractivity contribution in [3.05, 3.63) is 53.1 Å². The van der Waals surface area contributed by atoms with Crippen molar-refractivity contribution >= 4 is 33.2 Å². The number of aryl methyl sites for hydroxylation is 1. The molecule has 2 rings (SSSR count). The highest BCUT2D eigenvalue weighted by atomic mass is 35.5. The first-order valence-corrected chi connectivity index (χ1v) is 11.1. The van der Waals surface area contributed by atoms with Gasteiger partial charge in [0.15, 0.2) is 0 Å². The lowest BCUT2D eigenvalue weighted by atomic mass is 10.2. The smallest absolute Gasteiger partial charge is 0.241 e. The van der Waals surface area contributed by atoms with E-state index in [4.69, 9.17) is 21.1 Å². The standard InChI is InChI=1S/C20H25ClN2O5S/c1-14-5-8-17(9-6-14)28-13-15(2)22-20(24)12-23(29(4,25)26)18-11-16(21)7-10-19(18)27-3/h5-11,15H,12-13H2,1-4H3,(H,22,24)/t15-/m0/s1. The van der Waals surface area contributed by atoms with Crippen molar-refractivity contribution in [2.75, 3.05) is 30.8 Å². The number of ether oxygens (including phenoxy) is 2. The Kier molecular flexibility index (Phi) is 7.75. The minimum absolute atomic E-state index is 0.196. The third kappa shape index (κ3) is 6.83. The summed E-state index contributed by atoms with van der Waals surface area (Å²) < 4.78 is 36.4. The molecule has 0 aliphatic carbocycles. The number of carbonyl (C=O) groups is 1. The van der Waals surface area contributed by atoms with Gasteiger partial charge in [-0.1, -0.05) is 29.3 Å². The Hall–Kier alpha value is -2.45. The lowest BCUT2D eigenvalue weighted by Crippen LogP contribution is -2.45. The Bertz CT molecular complexity index is 948. The molecule has 1 N–H and O–H groups in total. The Morgan fingerprint density at radius 2 is 1.86 bits per heavy atom. The van der Waals surface area contributed by atoms with Crippen molar-refractivity contribution in [1.82, 2.24) is 5.32 Å². The summed E-state index contributed by atoms with van der Waals surface area (Å²) in [5.41, 5.74) is 1.32. The number of amides is 1. The summed E-state index contributed by atoms with van der Waals surface area (Å²) in [7, 11) is -2.34. The first-order valence-electron chi connectivity index (χ1n) is 8.90. The number of nitrogens with one attached hydrogen (secondary N) is 1. The van der Waals surface area contributed by atoms with Crippen LogP contribution in [0.3, 0.4) is 0 Å². The molecule has 9 heteroatoms. The fourth-order valence-corrected chi connectivity index (χ4v) is 3.61. The molecule has 0 aliphatic heterocycles. The number of hydrogen-bond donors (Lipinski definition) is 1. The second-order valence-electron chi connectivity index (χ2n) is 6.68. The molecule has 29 heavy (non-hydrogen) atoms. The van der Waals surface area contributed by atoms with Gasteiger partial charge in [-0.05, 0) is 44.2 Å². The maximum atomic E-state index is 12.5. The van der Waals surface area contributed by atoms with Gasteiger partial charge < -0.3 is 14.8 Å². The van der Waals surface area contributed by atoms with Crippen LogP contribution in [0.4, 0.5) is 5.69 Å². The summed E-state index contributed by atoms with van der Waals surface area (Å²) in [4.78, 5) is 12.5. The third-order valence-corrected chi connectivity index (χ3v) is 5.39. The molecule has 0 saturated carbocycles. The van der Waals surface area contributed by atoms with Crippen LogP contribution in [0.1, 0.15) is 12.5 Å². The topological polar surface area (TPSA) is 84.9 Å². The summed E-state index contributed by atoms with van der Waals surface area (Å²) in [5, 5.41) is 3.07. The summed E-state index contributed by atoms with van der Waals surface area (Å²) in [6.45, 7) is 3.59. The van der Waals surface area contributed by atoms with E-state index in [1.807, 2.05) is 31.2 Å². The van der Waals surface area contributed by atoms with Crippen LogP contribution < -0.4 is 19.1 Å². The second kappa shape index (κ2) is 9.84. The second-order valence-corrected chi connectivity index (χ2v) is 9.02. The molecule has 1 atom stereocenters. The largest absolute Gasteiger partial charge is 0.495 e. The number of halogens is 1. The zero-order valence-corrected chi connectivity index (χ0v) is 18.4. The summed E-state index contributed by atoms with van der Waals surface area (Å²) >= 11 is 6.00. The summed E-state index contributed by atoms with van der Waals surface area (Å²) in [6, 6.07) is 11.8. The highest BCUT2D eigenvalue weighted by molar-refractivity contribution is 7.92. The fraction of sp³-hybridized carbons (Fsp3) is 0.350. The minimum Gasteiger partial charge on any atom is -0.495 e. The van der Waals surface area contributed by atoms with Gasteiger partial charge in [0.25, 0.3) is 0 Å². The molecule has 0 spiro atoms. The predicted octanol–water partition coefficient (Wildman–Crippen LogP) is 3.01. The fourth-order valence-electron chi connectivity index (χ4n) is 2.59. The first-order chi connectivity index (χ1) is 13.6. The molecule has 0 saturated heterocycles. The number of benzene rings is 2. The van der Waals surface area contributed by atoms with Crippen molar-refractivity contribution in [3.63, 3.8) is 0 Å². The van der Waals surface area contributed by atoms with Gasteiger partial charge in [-0.25, -0.2) is 8.42 Å². The Morgan fingerprint density at radius 3 is 2.45 bits per heavy atom. The van der Waals surface area contributed by atoms with Gasteiger partial charge >= 0.3 is 0 Å². The number of carbonyl (C=O) groups excluding carboxylic acids is 1. The lowest BCUT2D eigenvalue weighted by molar-refractivity contribution is -0.120. The van der Waals surface area contributed by atoms with Crippen LogP contribution in [0.2, 0.25) is 5.02 Å². The number of sulfonamides is 1. The number of rotatable bonds is 9. The number of nitrogens with zero attached hydrogens (tertiary/aromatic N) is 1. The Morgan fingerprint density at radius 1 is 1.21 bits per heavy atom.